The first-order chi connectivity index (χ1) is 9.60. The van der Waals surface area contributed by atoms with Crippen molar-refractivity contribution in [2.75, 3.05) is 0 Å². The highest BCUT2D eigenvalue weighted by Gasteiger charge is 2.30. The number of hydrogen-bond donors (Lipinski definition) is 2. The smallest absolute Gasteiger partial charge is 0.321 e. The Kier molecular flexibility index (Phi) is 7.31. The van der Waals surface area contributed by atoms with Gasteiger partial charge in [0.15, 0.2) is 0 Å². The number of carboxylic acids is 1. The molecule has 1 aromatic rings. The summed E-state index contributed by atoms with van der Waals surface area (Å²) in [6, 6.07) is 9.48. The molecule has 0 aromatic heterocycles. The molecule has 0 fully saturated rings. The minimum absolute atomic E-state index is 0.177. The van der Waals surface area contributed by atoms with Crippen LogP contribution in [0.1, 0.15) is 45.6 Å². The Morgan fingerprint density at radius 2 is 1.90 bits per heavy atom. The van der Waals surface area contributed by atoms with Gasteiger partial charge in [0.1, 0.15) is 6.04 Å². The van der Waals surface area contributed by atoms with E-state index < -0.39 is 12.0 Å². The lowest BCUT2D eigenvalue weighted by molar-refractivity contribution is -0.141. The molecule has 0 saturated carbocycles. The maximum Gasteiger partial charge on any atom is 0.321 e. The van der Waals surface area contributed by atoms with Crippen LogP contribution in [0.25, 0.3) is 0 Å². The van der Waals surface area contributed by atoms with Crippen LogP contribution in [-0.2, 0) is 11.3 Å². The minimum atomic E-state index is -0.740. The van der Waals surface area contributed by atoms with Gasteiger partial charge in [-0.1, -0.05) is 70.4 Å². The van der Waals surface area contributed by atoms with E-state index in [0.717, 1.165) is 24.8 Å². The SMILES string of the molecule is CCCC(C)C(CC)C(NCc1ccccc1)C(=O)O. The van der Waals surface area contributed by atoms with Gasteiger partial charge in [0.2, 0.25) is 0 Å². The van der Waals surface area contributed by atoms with Crippen molar-refractivity contribution in [3.63, 3.8) is 0 Å². The molecule has 0 radical (unpaired) electrons. The Morgan fingerprint density at radius 1 is 1.25 bits per heavy atom. The summed E-state index contributed by atoms with van der Waals surface area (Å²) in [4.78, 5) is 11.6. The number of carbonyl (C=O) groups is 1. The largest absolute Gasteiger partial charge is 0.480 e. The summed E-state index contributed by atoms with van der Waals surface area (Å²) in [7, 11) is 0. The van der Waals surface area contributed by atoms with E-state index in [2.05, 4.69) is 26.1 Å². The molecule has 0 aliphatic carbocycles. The first kappa shape index (κ1) is 16.7. The second-order valence-electron chi connectivity index (χ2n) is 5.52. The van der Waals surface area contributed by atoms with Crippen LogP contribution in [0, 0.1) is 11.8 Å². The fourth-order valence-corrected chi connectivity index (χ4v) is 2.88. The second-order valence-corrected chi connectivity index (χ2v) is 5.52. The molecule has 2 N–H and O–H groups in total. The highest BCUT2D eigenvalue weighted by molar-refractivity contribution is 5.73. The van der Waals surface area contributed by atoms with Gasteiger partial charge in [-0.25, -0.2) is 0 Å². The molecule has 3 nitrogen and oxygen atoms in total. The number of rotatable bonds is 9. The van der Waals surface area contributed by atoms with Crippen LogP contribution >= 0.6 is 0 Å². The van der Waals surface area contributed by atoms with Crippen LogP contribution in [0.3, 0.4) is 0 Å². The predicted molar refractivity (Wildman–Crippen MR) is 82.6 cm³/mol. The first-order valence-electron chi connectivity index (χ1n) is 7.60. The van der Waals surface area contributed by atoms with E-state index in [0.29, 0.717) is 12.5 Å². The zero-order valence-electron chi connectivity index (χ0n) is 12.8. The number of hydrogen-bond acceptors (Lipinski definition) is 2. The summed E-state index contributed by atoms with van der Waals surface area (Å²) in [5.41, 5.74) is 1.12. The van der Waals surface area contributed by atoms with Crippen molar-refractivity contribution in [1.82, 2.24) is 5.32 Å². The molecule has 1 rings (SSSR count). The quantitative estimate of drug-likeness (QED) is 0.723. The maximum absolute atomic E-state index is 11.6. The van der Waals surface area contributed by atoms with Crippen molar-refractivity contribution in [2.45, 2.75) is 52.6 Å². The van der Waals surface area contributed by atoms with Crippen molar-refractivity contribution in [3.8, 4) is 0 Å². The van der Waals surface area contributed by atoms with Crippen molar-refractivity contribution >= 4 is 5.97 Å². The highest BCUT2D eigenvalue weighted by Crippen LogP contribution is 2.24. The summed E-state index contributed by atoms with van der Waals surface area (Å²) in [5, 5.41) is 12.7. The Labute approximate surface area is 122 Å². The molecule has 0 saturated heterocycles. The van der Waals surface area contributed by atoms with Crippen LogP contribution in [0.4, 0.5) is 0 Å². The molecule has 112 valence electrons. The highest BCUT2D eigenvalue weighted by atomic mass is 16.4. The van der Waals surface area contributed by atoms with Crippen molar-refractivity contribution in [3.05, 3.63) is 35.9 Å². The molecular weight excluding hydrogens is 250 g/mol. The van der Waals surface area contributed by atoms with Crippen molar-refractivity contribution in [1.29, 1.82) is 0 Å². The van der Waals surface area contributed by atoms with Crippen LogP contribution in [0.15, 0.2) is 30.3 Å². The van der Waals surface area contributed by atoms with E-state index in [9.17, 15) is 9.90 Å². The van der Waals surface area contributed by atoms with E-state index in [-0.39, 0.29) is 5.92 Å². The third kappa shape index (κ3) is 4.97. The van der Waals surface area contributed by atoms with Gasteiger partial charge in [0.25, 0.3) is 0 Å². The zero-order valence-corrected chi connectivity index (χ0v) is 12.8. The van der Waals surface area contributed by atoms with Gasteiger partial charge >= 0.3 is 5.97 Å². The van der Waals surface area contributed by atoms with Gasteiger partial charge in [0.05, 0.1) is 0 Å². The molecule has 20 heavy (non-hydrogen) atoms. The number of benzene rings is 1. The van der Waals surface area contributed by atoms with Crippen LogP contribution in [0.2, 0.25) is 0 Å². The number of aliphatic carboxylic acids is 1. The molecule has 0 bridgehead atoms. The molecule has 0 heterocycles. The van der Waals surface area contributed by atoms with E-state index >= 15 is 0 Å². The van der Waals surface area contributed by atoms with Gasteiger partial charge in [-0.2, -0.15) is 0 Å². The fraction of sp³-hybridized carbons (Fsp3) is 0.588. The molecule has 1 aromatic carbocycles. The molecule has 0 spiro atoms. The minimum Gasteiger partial charge on any atom is -0.480 e. The maximum atomic E-state index is 11.6. The van der Waals surface area contributed by atoms with E-state index in [1.165, 1.54) is 0 Å². The summed E-state index contributed by atoms with van der Waals surface area (Å²) < 4.78 is 0. The van der Waals surface area contributed by atoms with Gasteiger partial charge in [-0.3, -0.25) is 4.79 Å². The summed E-state index contributed by atoms with van der Waals surface area (Å²) >= 11 is 0. The monoisotopic (exact) mass is 277 g/mol. The van der Waals surface area contributed by atoms with Gasteiger partial charge in [0, 0.05) is 6.54 Å². The second kappa shape index (κ2) is 8.75. The number of nitrogens with one attached hydrogen (secondary N) is 1. The van der Waals surface area contributed by atoms with Gasteiger partial charge in [-0.15, -0.1) is 0 Å². The number of carboxylic acid groups (broad SMARTS) is 1. The van der Waals surface area contributed by atoms with Gasteiger partial charge in [-0.05, 0) is 17.4 Å². The average molecular weight is 277 g/mol. The summed E-state index contributed by atoms with van der Waals surface area (Å²) in [5.74, 6) is -0.138. The lowest BCUT2D eigenvalue weighted by atomic mass is 9.82. The normalized spacial score (nSPS) is 15.6. The lowest BCUT2D eigenvalue weighted by Gasteiger charge is -2.29. The van der Waals surface area contributed by atoms with Gasteiger partial charge < -0.3 is 10.4 Å². The van der Waals surface area contributed by atoms with E-state index in [1.54, 1.807) is 0 Å². The predicted octanol–water partition coefficient (Wildman–Crippen LogP) is 3.69. The Hall–Kier alpha value is -1.35. The fourth-order valence-electron chi connectivity index (χ4n) is 2.88. The Morgan fingerprint density at radius 3 is 2.40 bits per heavy atom. The van der Waals surface area contributed by atoms with Crippen LogP contribution in [0.5, 0.6) is 0 Å². The van der Waals surface area contributed by atoms with E-state index in [4.69, 9.17) is 0 Å². The molecular formula is C17H27NO2. The standard InChI is InChI=1S/C17H27NO2/c1-4-9-13(3)15(5-2)16(17(19)20)18-12-14-10-7-6-8-11-14/h6-8,10-11,13,15-16,18H,4-5,9,12H2,1-3H3,(H,19,20). The van der Waals surface area contributed by atoms with Crippen LogP contribution < -0.4 is 5.32 Å². The third-order valence-corrected chi connectivity index (χ3v) is 4.01. The van der Waals surface area contributed by atoms with Crippen LogP contribution in [-0.4, -0.2) is 17.1 Å². The average Bonchev–Trinajstić information content (AvgIpc) is 2.44. The molecule has 3 unspecified atom stereocenters. The molecule has 3 atom stereocenters. The first-order valence-corrected chi connectivity index (χ1v) is 7.60. The molecule has 0 amide bonds. The topological polar surface area (TPSA) is 49.3 Å². The van der Waals surface area contributed by atoms with Crippen molar-refractivity contribution < 1.29 is 9.90 Å². The van der Waals surface area contributed by atoms with Crippen molar-refractivity contribution in [2.24, 2.45) is 11.8 Å². The Bertz CT molecular complexity index is 391. The van der Waals surface area contributed by atoms with E-state index in [1.807, 2.05) is 30.3 Å². The molecule has 0 aliphatic heterocycles. The lowest BCUT2D eigenvalue weighted by Crippen LogP contribution is -2.44. The summed E-state index contributed by atoms with van der Waals surface area (Å²) in [6.45, 7) is 7.00. The molecule has 0 aliphatic rings. The summed E-state index contributed by atoms with van der Waals surface area (Å²) in [6.07, 6.45) is 3.07. The zero-order chi connectivity index (χ0) is 15.0. The Balaban J connectivity index is 2.69. The molecule has 3 heteroatoms. The third-order valence-electron chi connectivity index (χ3n) is 4.01.